The molecule has 0 radical (unpaired) electrons. The summed E-state index contributed by atoms with van der Waals surface area (Å²) >= 11 is 0. The molecular formula is C49H34N2. The molecule has 240 valence electrons. The van der Waals surface area contributed by atoms with Gasteiger partial charge in [-0.1, -0.05) is 121 Å². The molecule has 0 aliphatic carbocycles. The van der Waals surface area contributed by atoms with Crippen LogP contribution in [0.25, 0.3) is 108 Å². The molecule has 1 N–H and O–H groups in total. The van der Waals surface area contributed by atoms with Crippen LogP contribution in [-0.2, 0) is 0 Å². The standard InChI is InChI=1S/C49H34N2/c1-50-30-14-16-34-38-20-18-32(28-10-6-4-7-11-28)36-23-25-41-47-43-27-31(51(2)3)15-17-35(43)39-21-19-33(29-12-8-5-9-13-29)37-22-24-40(49(47)45(37)39)46(42(34)26-30)48(41)44(36)38/h4-27,50H,1-3H3. The molecular weight excluding hydrogens is 617 g/mol. The minimum Gasteiger partial charge on any atom is -0.388 e. The fraction of sp³-hybridized carbons (Fsp3) is 0.0612. The first-order valence-corrected chi connectivity index (χ1v) is 17.8. The number of benzene rings is 11. The molecule has 51 heavy (non-hydrogen) atoms. The van der Waals surface area contributed by atoms with E-state index in [0.29, 0.717) is 0 Å². The van der Waals surface area contributed by atoms with Crippen LogP contribution >= 0.6 is 0 Å². The number of hydrogen-bond donors (Lipinski definition) is 1. The number of fused-ring (bicyclic) bond motifs is 8. The highest BCUT2D eigenvalue weighted by molar-refractivity contribution is 6.49. The summed E-state index contributed by atoms with van der Waals surface area (Å²) in [6.45, 7) is 0. The first-order chi connectivity index (χ1) is 25.1. The van der Waals surface area contributed by atoms with Crippen molar-refractivity contribution in [2.75, 3.05) is 31.4 Å². The molecule has 11 aromatic rings. The maximum atomic E-state index is 3.45. The smallest absolute Gasteiger partial charge is 0.0367 e. The largest absolute Gasteiger partial charge is 0.388 e. The quantitative estimate of drug-likeness (QED) is 0.151. The Morgan fingerprint density at radius 1 is 0.353 bits per heavy atom. The Kier molecular flexibility index (Phi) is 5.76. The Bertz CT molecular complexity index is 3180. The lowest BCUT2D eigenvalue weighted by Crippen LogP contribution is -2.08. The summed E-state index contributed by atoms with van der Waals surface area (Å²) in [6.07, 6.45) is 0. The molecule has 0 amide bonds. The summed E-state index contributed by atoms with van der Waals surface area (Å²) in [5.74, 6) is 0. The molecule has 0 atom stereocenters. The molecule has 0 fully saturated rings. The van der Waals surface area contributed by atoms with Gasteiger partial charge in [0.15, 0.2) is 0 Å². The van der Waals surface area contributed by atoms with Gasteiger partial charge >= 0.3 is 0 Å². The average Bonchev–Trinajstić information content (AvgIpc) is 3.19. The van der Waals surface area contributed by atoms with Crippen molar-refractivity contribution >= 4 is 97.6 Å². The van der Waals surface area contributed by atoms with Crippen LogP contribution in [0.2, 0.25) is 0 Å². The zero-order chi connectivity index (χ0) is 34.0. The van der Waals surface area contributed by atoms with E-state index in [2.05, 4.69) is 170 Å². The third kappa shape index (κ3) is 3.77. The fourth-order valence-electron chi connectivity index (χ4n) is 9.24. The van der Waals surface area contributed by atoms with Crippen molar-refractivity contribution in [1.29, 1.82) is 0 Å². The van der Waals surface area contributed by atoms with Gasteiger partial charge in [0, 0.05) is 32.5 Å². The van der Waals surface area contributed by atoms with Gasteiger partial charge < -0.3 is 10.2 Å². The maximum absolute atomic E-state index is 3.45. The lowest BCUT2D eigenvalue weighted by Gasteiger charge is -2.24. The third-order valence-corrected chi connectivity index (χ3v) is 11.5. The zero-order valence-electron chi connectivity index (χ0n) is 28.8. The predicted molar refractivity (Wildman–Crippen MR) is 224 cm³/mol. The predicted octanol–water partition coefficient (Wildman–Crippen LogP) is 13.2. The maximum Gasteiger partial charge on any atom is 0.0367 e. The van der Waals surface area contributed by atoms with Gasteiger partial charge in [0.25, 0.3) is 0 Å². The van der Waals surface area contributed by atoms with Gasteiger partial charge in [-0.15, -0.1) is 0 Å². The summed E-state index contributed by atoms with van der Waals surface area (Å²) < 4.78 is 0. The summed E-state index contributed by atoms with van der Waals surface area (Å²) in [7, 11) is 6.30. The van der Waals surface area contributed by atoms with Crippen molar-refractivity contribution in [1.82, 2.24) is 0 Å². The van der Waals surface area contributed by atoms with Gasteiger partial charge in [-0.2, -0.15) is 0 Å². The van der Waals surface area contributed by atoms with Crippen LogP contribution in [0.3, 0.4) is 0 Å². The molecule has 0 saturated carbocycles. The number of rotatable bonds is 4. The molecule has 11 aromatic carbocycles. The van der Waals surface area contributed by atoms with Gasteiger partial charge in [0.2, 0.25) is 0 Å². The van der Waals surface area contributed by atoms with Gasteiger partial charge in [-0.05, 0) is 133 Å². The second-order valence-electron chi connectivity index (χ2n) is 14.3. The van der Waals surface area contributed by atoms with Crippen LogP contribution in [0, 0.1) is 0 Å². The summed E-state index contributed by atoms with van der Waals surface area (Å²) in [4.78, 5) is 2.22. The second kappa shape index (κ2) is 10.3. The lowest BCUT2D eigenvalue weighted by atomic mass is 9.79. The molecule has 0 aliphatic rings. The van der Waals surface area contributed by atoms with Crippen LogP contribution in [0.15, 0.2) is 146 Å². The van der Waals surface area contributed by atoms with E-state index in [4.69, 9.17) is 0 Å². The Morgan fingerprint density at radius 3 is 1.29 bits per heavy atom. The van der Waals surface area contributed by atoms with E-state index in [9.17, 15) is 0 Å². The second-order valence-corrected chi connectivity index (χ2v) is 14.3. The monoisotopic (exact) mass is 650 g/mol. The molecule has 0 spiro atoms. The number of anilines is 2. The molecule has 0 bridgehead atoms. The van der Waals surface area contributed by atoms with Crippen LogP contribution in [-0.4, -0.2) is 21.1 Å². The molecule has 0 aromatic heterocycles. The fourth-order valence-corrected chi connectivity index (χ4v) is 9.24. The number of nitrogens with zero attached hydrogens (tertiary/aromatic N) is 1. The topological polar surface area (TPSA) is 15.3 Å². The van der Waals surface area contributed by atoms with E-state index >= 15 is 0 Å². The number of hydrogen-bond acceptors (Lipinski definition) is 2. The minimum atomic E-state index is 1.12. The molecule has 0 saturated heterocycles. The third-order valence-electron chi connectivity index (χ3n) is 11.5. The van der Waals surface area contributed by atoms with Gasteiger partial charge in [-0.25, -0.2) is 0 Å². The SMILES string of the molecule is CNc1ccc2c3ccc(-c4ccccc4)c4ccc5c6c7cc(N(C)C)ccc7c7ccc(-c8ccccc8)c8ccc(c(c2c1)c5c43)c6c87. The van der Waals surface area contributed by atoms with Crippen LogP contribution in [0.5, 0.6) is 0 Å². The Hall–Kier alpha value is -6.38. The van der Waals surface area contributed by atoms with Crippen molar-refractivity contribution in [2.45, 2.75) is 0 Å². The van der Waals surface area contributed by atoms with E-state index in [-0.39, 0.29) is 0 Å². The van der Waals surface area contributed by atoms with Gasteiger partial charge in [-0.3, -0.25) is 0 Å². The van der Waals surface area contributed by atoms with Gasteiger partial charge in [0.1, 0.15) is 0 Å². The van der Waals surface area contributed by atoms with Crippen molar-refractivity contribution in [3.8, 4) is 22.3 Å². The van der Waals surface area contributed by atoms with Crippen molar-refractivity contribution in [3.63, 3.8) is 0 Å². The van der Waals surface area contributed by atoms with E-state index in [1.54, 1.807) is 0 Å². The molecule has 11 rings (SSSR count). The number of nitrogens with one attached hydrogen (secondary N) is 1. The van der Waals surface area contributed by atoms with E-state index in [1.807, 2.05) is 7.05 Å². The van der Waals surface area contributed by atoms with Crippen LogP contribution in [0.4, 0.5) is 11.4 Å². The van der Waals surface area contributed by atoms with Crippen molar-refractivity contribution in [3.05, 3.63) is 146 Å². The van der Waals surface area contributed by atoms with Crippen LogP contribution < -0.4 is 10.2 Å². The summed E-state index contributed by atoms with van der Waals surface area (Å²) in [5, 5.41) is 24.6. The molecule has 0 aliphatic heterocycles. The Labute approximate surface area is 295 Å². The average molecular weight is 651 g/mol. The molecule has 0 unspecified atom stereocenters. The lowest BCUT2D eigenvalue weighted by molar-refractivity contribution is 1.14. The highest BCUT2D eigenvalue weighted by Gasteiger charge is 2.24. The minimum absolute atomic E-state index is 1.12. The highest BCUT2D eigenvalue weighted by atomic mass is 15.1. The summed E-state index contributed by atoms with van der Waals surface area (Å²) in [6, 6.07) is 54.7. The first-order valence-electron chi connectivity index (χ1n) is 17.8. The molecule has 2 heteroatoms. The van der Waals surface area contributed by atoms with E-state index < -0.39 is 0 Å². The molecule has 2 nitrogen and oxygen atoms in total. The van der Waals surface area contributed by atoms with Gasteiger partial charge in [0.05, 0.1) is 0 Å². The van der Waals surface area contributed by atoms with E-state index in [1.165, 1.54) is 114 Å². The normalized spacial score (nSPS) is 12.2. The Balaban J connectivity index is 1.46. The van der Waals surface area contributed by atoms with E-state index in [0.717, 1.165) is 5.69 Å². The molecule has 0 heterocycles. The van der Waals surface area contributed by atoms with Crippen LogP contribution in [0.1, 0.15) is 0 Å². The zero-order valence-corrected chi connectivity index (χ0v) is 28.8. The van der Waals surface area contributed by atoms with Crippen molar-refractivity contribution in [2.24, 2.45) is 0 Å². The highest BCUT2D eigenvalue weighted by Crippen LogP contribution is 2.53. The Morgan fingerprint density at radius 2 is 0.784 bits per heavy atom. The first kappa shape index (κ1) is 28.5. The van der Waals surface area contributed by atoms with Crippen molar-refractivity contribution < 1.29 is 0 Å². The summed E-state index contributed by atoms with van der Waals surface area (Å²) in [5.41, 5.74) is 7.36.